The van der Waals surface area contributed by atoms with Crippen LogP contribution in [0.2, 0.25) is 0 Å². The van der Waals surface area contributed by atoms with E-state index < -0.39 is 5.97 Å². The summed E-state index contributed by atoms with van der Waals surface area (Å²) < 4.78 is 5.91. The minimum absolute atomic E-state index is 0.0108. The molecule has 0 spiro atoms. The lowest BCUT2D eigenvalue weighted by molar-refractivity contribution is -0.115. The van der Waals surface area contributed by atoms with Gasteiger partial charge < -0.3 is 25.0 Å². The number of para-hydroxylation sites is 1. The molecule has 1 aliphatic heterocycles. The van der Waals surface area contributed by atoms with Crippen LogP contribution in [0.3, 0.4) is 0 Å². The van der Waals surface area contributed by atoms with Crippen LogP contribution in [-0.4, -0.2) is 55.1 Å². The molecule has 2 N–H and O–H groups in total. The summed E-state index contributed by atoms with van der Waals surface area (Å²) in [7, 11) is 2.12. The Morgan fingerprint density at radius 1 is 1.10 bits per heavy atom. The number of hydrogen-bond acceptors (Lipinski definition) is 5. The van der Waals surface area contributed by atoms with Crippen LogP contribution in [-0.2, 0) is 11.4 Å². The number of hydrogen-bond donors (Lipinski definition) is 2. The van der Waals surface area contributed by atoms with E-state index >= 15 is 0 Å². The maximum atomic E-state index is 11.6. The van der Waals surface area contributed by atoms with Gasteiger partial charge in [-0.3, -0.25) is 4.79 Å². The lowest BCUT2D eigenvalue weighted by Gasteiger charge is -2.35. The van der Waals surface area contributed by atoms with Gasteiger partial charge in [0.1, 0.15) is 12.4 Å². The first-order chi connectivity index (χ1) is 14.0. The van der Waals surface area contributed by atoms with Crippen molar-refractivity contribution < 1.29 is 19.4 Å². The summed E-state index contributed by atoms with van der Waals surface area (Å²) in [5.74, 6) is -0.896. The minimum atomic E-state index is -1.11. The van der Waals surface area contributed by atoms with Crippen molar-refractivity contribution in [1.82, 2.24) is 4.90 Å². The van der Waals surface area contributed by atoms with E-state index in [4.69, 9.17) is 4.74 Å². The monoisotopic (exact) mass is 397 g/mol. The summed E-state index contributed by atoms with van der Waals surface area (Å²) >= 11 is 0. The Kier molecular flexibility index (Phi) is 6.72. The zero-order valence-corrected chi connectivity index (χ0v) is 16.9. The van der Waals surface area contributed by atoms with Crippen molar-refractivity contribution in [3.05, 3.63) is 53.6 Å². The second-order valence-corrected chi connectivity index (χ2v) is 7.12. The molecule has 1 heterocycles. The Morgan fingerprint density at radius 3 is 2.52 bits per heavy atom. The first kappa shape index (κ1) is 20.7. The number of nitrogens with zero attached hydrogens (tertiary/aromatic N) is 2. The summed E-state index contributed by atoms with van der Waals surface area (Å²) in [6, 6.07) is 12.8. The molecule has 7 nitrogen and oxygen atoms in total. The van der Waals surface area contributed by atoms with E-state index in [9.17, 15) is 14.7 Å². The Hall–Kier alpha value is -3.06. The largest absolute Gasteiger partial charge is 0.489 e. The van der Waals surface area contributed by atoms with Gasteiger partial charge in [-0.1, -0.05) is 25.1 Å². The van der Waals surface area contributed by atoms with E-state index in [0.29, 0.717) is 12.4 Å². The molecule has 1 saturated heterocycles. The summed E-state index contributed by atoms with van der Waals surface area (Å²) in [4.78, 5) is 27.9. The molecule has 3 rings (SSSR count). The SMILES string of the molecule is CCC(=O)Nc1ccc(OCc2ccccc2N2CCN(C)CC2)cc1C(=O)O. The third-order valence-corrected chi connectivity index (χ3v) is 5.05. The molecule has 0 bridgehead atoms. The fourth-order valence-electron chi connectivity index (χ4n) is 3.29. The van der Waals surface area contributed by atoms with Crippen molar-refractivity contribution in [3.63, 3.8) is 0 Å². The summed E-state index contributed by atoms with van der Waals surface area (Å²) in [6.45, 7) is 6.00. The van der Waals surface area contributed by atoms with Crippen molar-refractivity contribution in [2.24, 2.45) is 0 Å². The summed E-state index contributed by atoms with van der Waals surface area (Å²) in [6.07, 6.45) is 0.278. The third-order valence-electron chi connectivity index (χ3n) is 5.05. The van der Waals surface area contributed by atoms with Crippen molar-refractivity contribution in [2.45, 2.75) is 20.0 Å². The van der Waals surface area contributed by atoms with Gasteiger partial charge in [0, 0.05) is 43.9 Å². The molecule has 0 aromatic heterocycles. The Labute approximate surface area is 170 Å². The average molecular weight is 397 g/mol. The van der Waals surface area contributed by atoms with Crippen molar-refractivity contribution in [2.75, 3.05) is 43.4 Å². The number of nitrogens with one attached hydrogen (secondary N) is 1. The lowest BCUT2D eigenvalue weighted by atomic mass is 10.1. The highest BCUT2D eigenvalue weighted by molar-refractivity contribution is 6.00. The second kappa shape index (κ2) is 9.43. The molecule has 0 radical (unpaired) electrons. The van der Waals surface area contributed by atoms with Crippen LogP contribution in [0.15, 0.2) is 42.5 Å². The number of carboxylic acid groups (broad SMARTS) is 1. The Balaban J connectivity index is 1.74. The van der Waals surface area contributed by atoms with Gasteiger partial charge in [0.15, 0.2) is 0 Å². The molecular formula is C22H27N3O4. The van der Waals surface area contributed by atoms with E-state index in [1.165, 1.54) is 6.07 Å². The minimum Gasteiger partial charge on any atom is -0.489 e. The molecule has 1 aliphatic rings. The maximum absolute atomic E-state index is 11.6. The standard InChI is InChI=1S/C22H27N3O4/c1-3-21(26)23-19-9-8-17(14-18(19)22(27)28)29-15-16-6-4-5-7-20(16)25-12-10-24(2)11-13-25/h4-9,14H,3,10-13,15H2,1-2H3,(H,23,26)(H,27,28). The molecule has 0 unspecified atom stereocenters. The van der Waals surface area contributed by atoms with Crippen LogP contribution in [0.4, 0.5) is 11.4 Å². The summed E-state index contributed by atoms with van der Waals surface area (Å²) in [5, 5.41) is 12.1. The number of carbonyl (C=O) groups excluding carboxylic acids is 1. The fraction of sp³-hybridized carbons (Fsp3) is 0.364. The predicted octanol–water partition coefficient (Wildman–Crippen LogP) is 3.06. The number of likely N-dealkylation sites (N-methyl/N-ethyl adjacent to an activating group) is 1. The molecule has 2 aromatic rings. The van der Waals surface area contributed by atoms with E-state index in [1.807, 2.05) is 18.2 Å². The normalized spacial score (nSPS) is 14.5. The average Bonchev–Trinajstić information content (AvgIpc) is 2.73. The zero-order valence-electron chi connectivity index (χ0n) is 16.9. The topological polar surface area (TPSA) is 82.1 Å². The molecule has 0 aliphatic carbocycles. The number of amides is 1. The maximum Gasteiger partial charge on any atom is 0.337 e. The number of rotatable bonds is 7. The zero-order chi connectivity index (χ0) is 20.8. The van der Waals surface area contributed by atoms with E-state index in [1.54, 1.807) is 19.1 Å². The summed E-state index contributed by atoms with van der Waals surface area (Å²) in [5.41, 5.74) is 2.48. The number of benzene rings is 2. The Morgan fingerprint density at radius 2 is 1.83 bits per heavy atom. The number of anilines is 2. The van der Waals surface area contributed by atoms with E-state index in [-0.39, 0.29) is 23.6 Å². The number of ether oxygens (including phenoxy) is 1. The van der Waals surface area contributed by atoms with Crippen LogP contribution >= 0.6 is 0 Å². The molecule has 7 heteroatoms. The molecule has 2 aromatic carbocycles. The number of carboxylic acids is 1. The number of aromatic carboxylic acids is 1. The third kappa shape index (κ3) is 5.26. The van der Waals surface area contributed by atoms with Crippen molar-refractivity contribution in [3.8, 4) is 5.75 Å². The highest BCUT2D eigenvalue weighted by Crippen LogP contribution is 2.26. The van der Waals surface area contributed by atoms with Gasteiger partial charge in [0.2, 0.25) is 5.91 Å². The van der Waals surface area contributed by atoms with E-state index in [2.05, 4.69) is 28.2 Å². The quantitative estimate of drug-likeness (QED) is 0.747. The van der Waals surface area contributed by atoms with Gasteiger partial charge in [-0.15, -0.1) is 0 Å². The first-order valence-corrected chi connectivity index (χ1v) is 9.79. The molecule has 1 fully saturated rings. The molecule has 154 valence electrons. The molecule has 0 saturated carbocycles. The van der Waals surface area contributed by atoms with Gasteiger partial charge in [0.05, 0.1) is 11.3 Å². The number of piperazine rings is 1. The van der Waals surface area contributed by atoms with Gasteiger partial charge >= 0.3 is 5.97 Å². The van der Waals surface area contributed by atoms with Gasteiger partial charge in [0.25, 0.3) is 0 Å². The molecule has 1 amide bonds. The highest BCUT2D eigenvalue weighted by atomic mass is 16.5. The first-order valence-electron chi connectivity index (χ1n) is 9.79. The van der Waals surface area contributed by atoms with Crippen LogP contribution in [0.1, 0.15) is 29.3 Å². The van der Waals surface area contributed by atoms with Crippen LogP contribution < -0.4 is 15.0 Å². The van der Waals surface area contributed by atoms with Crippen LogP contribution in [0, 0.1) is 0 Å². The smallest absolute Gasteiger partial charge is 0.337 e. The molecule has 0 atom stereocenters. The van der Waals surface area contributed by atoms with Crippen molar-refractivity contribution >= 4 is 23.3 Å². The van der Waals surface area contributed by atoms with Crippen LogP contribution in [0.5, 0.6) is 5.75 Å². The van der Waals surface area contributed by atoms with E-state index in [0.717, 1.165) is 37.4 Å². The number of carbonyl (C=O) groups is 2. The van der Waals surface area contributed by atoms with Crippen molar-refractivity contribution in [1.29, 1.82) is 0 Å². The van der Waals surface area contributed by atoms with Gasteiger partial charge in [-0.25, -0.2) is 4.79 Å². The highest BCUT2D eigenvalue weighted by Gasteiger charge is 2.17. The van der Waals surface area contributed by atoms with Crippen LogP contribution in [0.25, 0.3) is 0 Å². The Bertz CT molecular complexity index is 876. The lowest BCUT2D eigenvalue weighted by Crippen LogP contribution is -2.44. The molecule has 29 heavy (non-hydrogen) atoms. The second-order valence-electron chi connectivity index (χ2n) is 7.12. The predicted molar refractivity (Wildman–Crippen MR) is 113 cm³/mol. The van der Waals surface area contributed by atoms with Gasteiger partial charge in [-0.2, -0.15) is 0 Å². The molecular weight excluding hydrogens is 370 g/mol. The van der Waals surface area contributed by atoms with Gasteiger partial charge in [-0.05, 0) is 31.3 Å². The fourth-order valence-corrected chi connectivity index (χ4v) is 3.29.